The number of hydrogen-bond acceptors (Lipinski definition) is 2. The van der Waals surface area contributed by atoms with Gasteiger partial charge in [-0.15, -0.1) is 0 Å². The lowest BCUT2D eigenvalue weighted by molar-refractivity contribution is 0.0248. The molecule has 0 radical (unpaired) electrons. The van der Waals surface area contributed by atoms with Crippen LogP contribution in [-0.4, -0.2) is 17.3 Å². The van der Waals surface area contributed by atoms with Crippen LogP contribution in [0.15, 0.2) is 18.2 Å². The topological polar surface area (TPSA) is 29.5 Å². The summed E-state index contributed by atoms with van der Waals surface area (Å²) in [6, 6.07) is 4.74. The van der Waals surface area contributed by atoms with Crippen LogP contribution >= 0.6 is 0 Å². The molecule has 3 rings (SSSR count). The zero-order valence-corrected chi connectivity index (χ0v) is 12.0. The van der Waals surface area contributed by atoms with Crippen molar-refractivity contribution in [3.05, 3.63) is 29.6 Å². The minimum atomic E-state index is -0.197. The van der Waals surface area contributed by atoms with Gasteiger partial charge in [-0.05, 0) is 55.7 Å². The van der Waals surface area contributed by atoms with Crippen molar-refractivity contribution in [3.63, 3.8) is 0 Å². The maximum Gasteiger partial charge on any atom is 0.123 e. The molecule has 4 unspecified atom stereocenters. The quantitative estimate of drug-likeness (QED) is 0.913. The third-order valence-electron chi connectivity index (χ3n) is 4.96. The number of ether oxygens (including phenoxy) is 1. The monoisotopic (exact) mass is 278 g/mol. The zero-order chi connectivity index (χ0) is 14.1. The van der Waals surface area contributed by atoms with Crippen LogP contribution in [0.2, 0.25) is 0 Å². The van der Waals surface area contributed by atoms with E-state index in [1.807, 2.05) is 0 Å². The Morgan fingerprint density at radius 2 is 2.20 bits per heavy atom. The van der Waals surface area contributed by atoms with E-state index in [-0.39, 0.29) is 18.0 Å². The second kappa shape index (κ2) is 5.72. The fraction of sp³-hybridized carbons (Fsp3) is 0.647. The minimum absolute atomic E-state index is 0.0991. The first-order chi connectivity index (χ1) is 9.65. The van der Waals surface area contributed by atoms with Gasteiger partial charge in [0.25, 0.3) is 0 Å². The maximum absolute atomic E-state index is 13.2. The normalized spacial score (nSPS) is 32.8. The smallest absolute Gasteiger partial charge is 0.123 e. The Labute approximate surface area is 120 Å². The van der Waals surface area contributed by atoms with Gasteiger partial charge >= 0.3 is 0 Å². The Bertz CT molecular complexity index is 474. The highest BCUT2D eigenvalue weighted by molar-refractivity contribution is 5.37. The number of halogens is 1. The Balaban J connectivity index is 1.62. The largest absolute Gasteiger partial charge is 0.490 e. The predicted molar refractivity (Wildman–Crippen MR) is 76.3 cm³/mol. The Kier molecular flexibility index (Phi) is 3.97. The summed E-state index contributed by atoms with van der Waals surface area (Å²) in [4.78, 5) is 0. The lowest BCUT2D eigenvalue weighted by atomic mass is 9.76. The first-order valence-corrected chi connectivity index (χ1v) is 7.79. The van der Waals surface area contributed by atoms with Crippen LogP contribution in [0.25, 0.3) is 0 Å². The molecule has 1 heterocycles. The van der Waals surface area contributed by atoms with Gasteiger partial charge in [-0.3, -0.25) is 0 Å². The summed E-state index contributed by atoms with van der Waals surface area (Å²) in [6.07, 6.45) is 5.91. The molecule has 110 valence electrons. The maximum atomic E-state index is 13.2. The number of aliphatic hydroxyl groups is 1. The first kappa shape index (κ1) is 13.9. The SMILES string of the molecule is CCC1CCC(O)C(CC2Cc3cc(F)ccc3O2)C1. The van der Waals surface area contributed by atoms with Crippen molar-refractivity contribution in [2.45, 2.75) is 57.7 Å². The molecule has 0 bridgehead atoms. The molecular formula is C17H23FO2. The van der Waals surface area contributed by atoms with E-state index < -0.39 is 0 Å². The summed E-state index contributed by atoms with van der Waals surface area (Å²) in [7, 11) is 0. The summed E-state index contributed by atoms with van der Waals surface area (Å²) in [6.45, 7) is 2.23. The van der Waals surface area contributed by atoms with E-state index in [9.17, 15) is 9.50 Å². The summed E-state index contributed by atoms with van der Waals surface area (Å²) < 4.78 is 19.1. The number of rotatable bonds is 3. The highest BCUT2D eigenvalue weighted by atomic mass is 19.1. The molecule has 1 N–H and O–H groups in total. The number of fused-ring (bicyclic) bond motifs is 1. The van der Waals surface area contributed by atoms with E-state index in [1.165, 1.54) is 12.5 Å². The molecular weight excluding hydrogens is 255 g/mol. The van der Waals surface area contributed by atoms with Crippen molar-refractivity contribution < 1.29 is 14.2 Å². The van der Waals surface area contributed by atoms with Gasteiger partial charge in [-0.1, -0.05) is 13.3 Å². The fourth-order valence-corrected chi connectivity index (χ4v) is 3.73. The molecule has 1 saturated carbocycles. The molecule has 1 aromatic carbocycles. The molecule has 20 heavy (non-hydrogen) atoms. The predicted octanol–water partition coefficient (Wildman–Crippen LogP) is 3.71. The van der Waals surface area contributed by atoms with E-state index in [4.69, 9.17) is 4.74 Å². The molecule has 1 aliphatic heterocycles. The average Bonchev–Trinajstić information content (AvgIpc) is 2.82. The van der Waals surface area contributed by atoms with Crippen molar-refractivity contribution >= 4 is 0 Å². The molecule has 2 aliphatic rings. The molecule has 1 aliphatic carbocycles. The van der Waals surface area contributed by atoms with Gasteiger partial charge in [0.15, 0.2) is 0 Å². The first-order valence-electron chi connectivity index (χ1n) is 7.79. The van der Waals surface area contributed by atoms with Crippen LogP contribution in [0.3, 0.4) is 0 Å². The Hall–Kier alpha value is -1.09. The standard InChI is InChI=1S/C17H23FO2/c1-2-11-3-5-16(19)12(7-11)9-15-10-13-8-14(18)4-6-17(13)20-15/h4,6,8,11-12,15-16,19H,2-3,5,7,9-10H2,1H3. The van der Waals surface area contributed by atoms with Crippen LogP contribution in [0, 0.1) is 17.7 Å². The highest BCUT2D eigenvalue weighted by Gasteiger charge is 2.33. The van der Waals surface area contributed by atoms with Gasteiger partial charge in [0.05, 0.1) is 6.10 Å². The summed E-state index contributed by atoms with van der Waals surface area (Å²) in [5.74, 6) is 1.69. The van der Waals surface area contributed by atoms with Crippen LogP contribution in [0.5, 0.6) is 5.75 Å². The lowest BCUT2D eigenvalue weighted by Crippen LogP contribution is -2.32. The van der Waals surface area contributed by atoms with Crippen LogP contribution in [-0.2, 0) is 6.42 Å². The van der Waals surface area contributed by atoms with E-state index in [0.29, 0.717) is 5.92 Å². The van der Waals surface area contributed by atoms with Crippen LogP contribution < -0.4 is 4.74 Å². The molecule has 0 saturated heterocycles. The van der Waals surface area contributed by atoms with Gasteiger partial charge in [-0.25, -0.2) is 4.39 Å². The molecule has 0 amide bonds. The second-order valence-electron chi connectivity index (χ2n) is 6.35. The second-order valence-corrected chi connectivity index (χ2v) is 6.35. The van der Waals surface area contributed by atoms with Crippen LogP contribution in [0.1, 0.15) is 44.6 Å². The molecule has 1 fully saturated rings. The number of hydrogen-bond donors (Lipinski definition) is 1. The van der Waals surface area contributed by atoms with Gasteiger partial charge < -0.3 is 9.84 Å². The van der Waals surface area contributed by atoms with Crippen LogP contribution in [0.4, 0.5) is 4.39 Å². The highest BCUT2D eigenvalue weighted by Crippen LogP contribution is 2.37. The summed E-state index contributed by atoms with van der Waals surface area (Å²) >= 11 is 0. The minimum Gasteiger partial charge on any atom is -0.490 e. The van der Waals surface area contributed by atoms with Crippen molar-refractivity contribution in [3.8, 4) is 5.75 Å². The molecule has 2 nitrogen and oxygen atoms in total. The fourth-order valence-electron chi connectivity index (χ4n) is 3.73. The Morgan fingerprint density at radius 1 is 1.35 bits per heavy atom. The van der Waals surface area contributed by atoms with E-state index in [2.05, 4.69) is 6.92 Å². The van der Waals surface area contributed by atoms with Gasteiger partial charge in [-0.2, -0.15) is 0 Å². The molecule has 1 aromatic rings. The van der Waals surface area contributed by atoms with Gasteiger partial charge in [0, 0.05) is 12.0 Å². The van der Waals surface area contributed by atoms with Crippen molar-refractivity contribution in [2.24, 2.45) is 11.8 Å². The van der Waals surface area contributed by atoms with Crippen molar-refractivity contribution in [1.29, 1.82) is 0 Å². The van der Waals surface area contributed by atoms with E-state index in [0.717, 1.165) is 49.3 Å². The van der Waals surface area contributed by atoms with Crippen molar-refractivity contribution in [2.75, 3.05) is 0 Å². The van der Waals surface area contributed by atoms with Crippen molar-refractivity contribution in [1.82, 2.24) is 0 Å². The molecule has 3 heteroatoms. The lowest BCUT2D eigenvalue weighted by Gasteiger charge is -2.34. The average molecular weight is 278 g/mol. The zero-order valence-electron chi connectivity index (χ0n) is 12.0. The van der Waals surface area contributed by atoms with E-state index >= 15 is 0 Å². The van der Waals surface area contributed by atoms with Gasteiger partial charge in [0.1, 0.15) is 17.7 Å². The molecule has 0 spiro atoms. The molecule has 4 atom stereocenters. The van der Waals surface area contributed by atoms with Gasteiger partial charge in [0.2, 0.25) is 0 Å². The Morgan fingerprint density at radius 3 is 3.00 bits per heavy atom. The third-order valence-corrected chi connectivity index (χ3v) is 4.96. The summed E-state index contributed by atoms with van der Waals surface area (Å²) in [5, 5.41) is 10.2. The number of aliphatic hydroxyl groups excluding tert-OH is 1. The molecule has 0 aromatic heterocycles. The third kappa shape index (κ3) is 2.83. The van der Waals surface area contributed by atoms with E-state index in [1.54, 1.807) is 12.1 Å². The summed E-state index contributed by atoms with van der Waals surface area (Å²) in [5.41, 5.74) is 0.965. The number of benzene rings is 1.